The fraction of sp³-hybridized carbons (Fsp3) is 0.706. The van der Waals surface area contributed by atoms with Crippen molar-refractivity contribution in [2.45, 2.75) is 45.3 Å². The van der Waals surface area contributed by atoms with Crippen molar-refractivity contribution in [3.05, 3.63) is 23.3 Å². The number of ether oxygens (including phenoxy) is 3. The molecule has 3 rings (SSSR count). The average molecular weight is 292 g/mol. The van der Waals surface area contributed by atoms with Crippen molar-refractivity contribution in [2.75, 3.05) is 20.3 Å². The summed E-state index contributed by atoms with van der Waals surface area (Å²) in [7, 11) is 1.47. The van der Waals surface area contributed by atoms with Gasteiger partial charge in [-0.3, -0.25) is 4.79 Å². The molecule has 0 aromatic heterocycles. The van der Waals surface area contributed by atoms with Crippen LogP contribution in [-0.2, 0) is 19.0 Å². The van der Waals surface area contributed by atoms with Gasteiger partial charge in [-0.15, -0.1) is 0 Å². The molecule has 0 N–H and O–H groups in total. The van der Waals surface area contributed by atoms with Crippen LogP contribution in [0.15, 0.2) is 23.3 Å². The average Bonchev–Trinajstić information content (AvgIpc) is 2.92. The number of fused-ring (bicyclic) bond motifs is 2. The molecule has 2 unspecified atom stereocenters. The van der Waals surface area contributed by atoms with E-state index in [1.807, 2.05) is 6.92 Å². The Morgan fingerprint density at radius 2 is 2.19 bits per heavy atom. The minimum Gasteiger partial charge on any atom is -0.468 e. The molecule has 2 atom stereocenters. The summed E-state index contributed by atoms with van der Waals surface area (Å²) in [5.74, 6) is -0.552. The van der Waals surface area contributed by atoms with E-state index in [0.717, 1.165) is 19.3 Å². The molecule has 0 aromatic rings. The van der Waals surface area contributed by atoms with Crippen LogP contribution in [-0.4, -0.2) is 32.1 Å². The molecule has 4 nitrogen and oxygen atoms in total. The first-order valence-corrected chi connectivity index (χ1v) is 7.82. The highest BCUT2D eigenvalue weighted by atomic mass is 16.7. The minimum atomic E-state index is -0.614. The van der Waals surface area contributed by atoms with E-state index in [4.69, 9.17) is 14.2 Å². The normalized spacial score (nSPS) is 35.9. The first kappa shape index (κ1) is 14.8. The molecule has 1 heterocycles. The van der Waals surface area contributed by atoms with Gasteiger partial charge in [-0.25, -0.2) is 0 Å². The maximum atomic E-state index is 12.7. The van der Waals surface area contributed by atoms with Crippen molar-refractivity contribution in [3.63, 3.8) is 0 Å². The Morgan fingerprint density at radius 3 is 2.76 bits per heavy atom. The van der Waals surface area contributed by atoms with E-state index < -0.39 is 11.2 Å². The van der Waals surface area contributed by atoms with Crippen LogP contribution >= 0.6 is 0 Å². The minimum absolute atomic E-state index is 0.155. The highest BCUT2D eigenvalue weighted by Gasteiger charge is 2.59. The number of rotatable bonds is 2. The Balaban J connectivity index is 2.09. The fourth-order valence-electron chi connectivity index (χ4n) is 4.39. The van der Waals surface area contributed by atoms with Crippen molar-refractivity contribution in [3.8, 4) is 0 Å². The van der Waals surface area contributed by atoms with E-state index >= 15 is 0 Å². The number of carbonyl (C=O) groups is 1. The third-order valence-corrected chi connectivity index (χ3v) is 5.17. The van der Waals surface area contributed by atoms with E-state index in [0.29, 0.717) is 19.6 Å². The van der Waals surface area contributed by atoms with Crippen LogP contribution in [0.3, 0.4) is 0 Å². The molecule has 1 spiro atoms. The Labute approximate surface area is 126 Å². The van der Waals surface area contributed by atoms with Crippen molar-refractivity contribution in [1.82, 2.24) is 0 Å². The second-order valence-electron chi connectivity index (χ2n) is 6.27. The lowest BCUT2D eigenvalue weighted by molar-refractivity contribution is -0.207. The van der Waals surface area contributed by atoms with Gasteiger partial charge >= 0.3 is 5.97 Å². The summed E-state index contributed by atoms with van der Waals surface area (Å²) in [6, 6.07) is 0. The van der Waals surface area contributed by atoms with Crippen LogP contribution in [0.25, 0.3) is 0 Å². The Hall–Kier alpha value is -1.13. The topological polar surface area (TPSA) is 44.8 Å². The van der Waals surface area contributed by atoms with Crippen molar-refractivity contribution in [2.24, 2.45) is 11.3 Å². The fourth-order valence-corrected chi connectivity index (χ4v) is 4.39. The summed E-state index contributed by atoms with van der Waals surface area (Å²) in [6.45, 7) is 5.38. The van der Waals surface area contributed by atoms with E-state index in [1.165, 1.54) is 18.3 Å². The van der Waals surface area contributed by atoms with Gasteiger partial charge in [0.25, 0.3) is 0 Å². The first-order chi connectivity index (χ1) is 10.1. The van der Waals surface area contributed by atoms with Gasteiger partial charge in [-0.2, -0.15) is 0 Å². The van der Waals surface area contributed by atoms with Gasteiger partial charge in [0.05, 0.1) is 25.7 Å². The zero-order valence-corrected chi connectivity index (χ0v) is 13.1. The molecular weight excluding hydrogens is 268 g/mol. The third-order valence-electron chi connectivity index (χ3n) is 5.17. The molecule has 1 saturated carbocycles. The van der Waals surface area contributed by atoms with Crippen molar-refractivity contribution < 1.29 is 19.0 Å². The van der Waals surface area contributed by atoms with Gasteiger partial charge in [-0.05, 0) is 25.3 Å². The maximum Gasteiger partial charge on any atom is 0.316 e. The third kappa shape index (κ3) is 2.16. The van der Waals surface area contributed by atoms with Crippen LogP contribution in [0.1, 0.15) is 39.5 Å². The number of methoxy groups -OCH3 is 1. The molecule has 4 heteroatoms. The Kier molecular flexibility index (Phi) is 3.70. The van der Waals surface area contributed by atoms with Gasteiger partial charge in [-0.1, -0.05) is 24.6 Å². The highest BCUT2D eigenvalue weighted by Crippen LogP contribution is 2.58. The molecule has 0 amide bonds. The number of allylic oxidation sites excluding steroid dienone is 3. The summed E-state index contributed by atoms with van der Waals surface area (Å²) in [5, 5.41) is 0. The first-order valence-electron chi connectivity index (χ1n) is 7.82. The summed E-state index contributed by atoms with van der Waals surface area (Å²) < 4.78 is 17.0. The second-order valence-corrected chi connectivity index (χ2v) is 6.27. The van der Waals surface area contributed by atoms with Crippen molar-refractivity contribution >= 4 is 5.97 Å². The molecule has 2 fully saturated rings. The lowest BCUT2D eigenvalue weighted by Crippen LogP contribution is -2.52. The van der Waals surface area contributed by atoms with Crippen LogP contribution in [0.5, 0.6) is 0 Å². The SMILES string of the molecule is C/C=C1\C2C=C(CC)CC1(C(=O)OC)CC1(C2)OCCO1. The van der Waals surface area contributed by atoms with Crippen LogP contribution in [0.4, 0.5) is 0 Å². The number of hydrogen-bond donors (Lipinski definition) is 0. The van der Waals surface area contributed by atoms with Crippen LogP contribution < -0.4 is 0 Å². The van der Waals surface area contributed by atoms with Gasteiger partial charge in [0.1, 0.15) is 0 Å². The molecular formula is C17H24O4. The lowest BCUT2D eigenvalue weighted by Gasteiger charge is -2.50. The van der Waals surface area contributed by atoms with Crippen molar-refractivity contribution in [1.29, 1.82) is 0 Å². The molecule has 1 saturated heterocycles. The molecule has 3 aliphatic rings. The monoisotopic (exact) mass is 292 g/mol. The summed E-state index contributed by atoms with van der Waals surface area (Å²) in [4.78, 5) is 12.7. The number of esters is 1. The predicted octanol–water partition coefficient (Wildman–Crippen LogP) is 2.99. The van der Waals surface area contributed by atoms with Gasteiger partial charge in [0.15, 0.2) is 5.79 Å². The number of hydrogen-bond acceptors (Lipinski definition) is 4. The largest absolute Gasteiger partial charge is 0.468 e. The predicted molar refractivity (Wildman–Crippen MR) is 78.6 cm³/mol. The maximum absolute atomic E-state index is 12.7. The van der Waals surface area contributed by atoms with E-state index in [9.17, 15) is 4.79 Å². The molecule has 0 radical (unpaired) electrons. The summed E-state index contributed by atoms with van der Waals surface area (Å²) >= 11 is 0. The van der Waals surface area contributed by atoms with Gasteiger partial charge in [0, 0.05) is 18.8 Å². The van der Waals surface area contributed by atoms with Gasteiger partial charge in [0.2, 0.25) is 0 Å². The second kappa shape index (κ2) is 5.25. The lowest BCUT2D eigenvalue weighted by atomic mass is 9.57. The smallest absolute Gasteiger partial charge is 0.316 e. The molecule has 2 bridgehead atoms. The van der Waals surface area contributed by atoms with E-state index in [-0.39, 0.29) is 11.9 Å². The molecule has 116 valence electrons. The molecule has 0 aromatic carbocycles. The molecule has 1 aliphatic heterocycles. The standard InChI is InChI=1S/C17H24O4/c1-4-12-8-13-10-17(20-6-7-21-17)11-16(9-12,14(13)5-2)15(18)19-3/h5,8,13H,4,6-7,9-11H2,1-3H3/b14-5+. The summed E-state index contributed by atoms with van der Waals surface area (Å²) in [6.07, 6.45) is 7.46. The van der Waals surface area contributed by atoms with E-state index in [2.05, 4.69) is 19.1 Å². The van der Waals surface area contributed by atoms with E-state index in [1.54, 1.807) is 0 Å². The molecule has 2 aliphatic carbocycles. The number of carbonyl (C=O) groups excluding carboxylic acids is 1. The molecule has 21 heavy (non-hydrogen) atoms. The van der Waals surface area contributed by atoms with Crippen LogP contribution in [0.2, 0.25) is 0 Å². The zero-order chi connectivity index (χ0) is 15.1. The van der Waals surface area contributed by atoms with Crippen LogP contribution in [0, 0.1) is 11.3 Å². The quantitative estimate of drug-likeness (QED) is 0.580. The zero-order valence-electron chi connectivity index (χ0n) is 13.1. The Bertz CT molecular complexity index is 499. The summed E-state index contributed by atoms with van der Waals surface area (Å²) in [5.41, 5.74) is 1.90. The highest BCUT2D eigenvalue weighted by molar-refractivity contribution is 5.82. The Morgan fingerprint density at radius 1 is 1.48 bits per heavy atom. The van der Waals surface area contributed by atoms with Gasteiger partial charge < -0.3 is 14.2 Å².